The highest BCUT2D eigenvalue weighted by atomic mass is 32.1. The van der Waals surface area contributed by atoms with Crippen molar-refractivity contribution in [3.63, 3.8) is 0 Å². The number of aromatic nitrogens is 2. The zero-order valence-corrected chi connectivity index (χ0v) is 14.0. The van der Waals surface area contributed by atoms with Gasteiger partial charge < -0.3 is 0 Å². The Bertz CT molecular complexity index is 654. The van der Waals surface area contributed by atoms with E-state index in [9.17, 15) is 0 Å². The van der Waals surface area contributed by atoms with Crippen LogP contribution >= 0.6 is 11.3 Å². The summed E-state index contributed by atoms with van der Waals surface area (Å²) in [5, 5.41) is 1.19. The standard InChI is InChI=1S/C17H22N4S/c1-12-17(22-13(2)19-12)11-21-10-15-7-16(21)9-20(15)8-14-5-3-4-6-18-14/h3-6,15-16H,7-11H2,1-2H3. The molecule has 0 saturated carbocycles. The summed E-state index contributed by atoms with van der Waals surface area (Å²) >= 11 is 1.86. The predicted molar refractivity (Wildman–Crippen MR) is 88.8 cm³/mol. The van der Waals surface area contributed by atoms with Gasteiger partial charge in [-0.15, -0.1) is 11.3 Å². The second-order valence-electron chi connectivity index (χ2n) is 6.46. The molecule has 2 saturated heterocycles. The second kappa shape index (κ2) is 5.72. The Morgan fingerprint density at radius 3 is 2.50 bits per heavy atom. The van der Waals surface area contributed by atoms with Gasteiger partial charge in [-0.3, -0.25) is 14.8 Å². The highest BCUT2D eigenvalue weighted by Gasteiger charge is 2.43. The molecule has 4 nitrogen and oxygen atoms in total. The highest BCUT2D eigenvalue weighted by Crippen LogP contribution is 2.33. The van der Waals surface area contributed by atoms with Crippen LogP contribution in [-0.2, 0) is 13.1 Å². The Kier molecular flexibility index (Phi) is 3.72. The average Bonchev–Trinajstić information content (AvgIpc) is 3.15. The van der Waals surface area contributed by atoms with E-state index in [1.165, 1.54) is 40.8 Å². The van der Waals surface area contributed by atoms with Gasteiger partial charge in [-0.05, 0) is 32.4 Å². The van der Waals surface area contributed by atoms with Crippen LogP contribution in [0.4, 0.5) is 0 Å². The molecular weight excluding hydrogens is 292 g/mol. The molecule has 2 atom stereocenters. The summed E-state index contributed by atoms with van der Waals surface area (Å²) in [5.41, 5.74) is 2.41. The molecule has 0 radical (unpaired) electrons. The highest BCUT2D eigenvalue weighted by molar-refractivity contribution is 7.11. The lowest BCUT2D eigenvalue weighted by Gasteiger charge is -2.33. The number of pyridine rings is 1. The summed E-state index contributed by atoms with van der Waals surface area (Å²) in [6, 6.07) is 7.60. The van der Waals surface area contributed by atoms with E-state index < -0.39 is 0 Å². The molecule has 2 fully saturated rings. The number of likely N-dealkylation sites (tertiary alicyclic amines) is 2. The van der Waals surface area contributed by atoms with Crippen molar-refractivity contribution < 1.29 is 0 Å². The molecular formula is C17H22N4S. The fourth-order valence-electron chi connectivity index (χ4n) is 3.82. The molecule has 116 valence electrons. The maximum Gasteiger partial charge on any atom is 0.0900 e. The third-order valence-corrected chi connectivity index (χ3v) is 5.96. The summed E-state index contributed by atoms with van der Waals surface area (Å²) in [7, 11) is 0. The van der Waals surface area contributed by atoms with E-state index in [1.807, 2.05) is 23.6 Å². The van der Waals surface area contributed by atoms with Crippen LogP contribution in [0.25, 0.3) is 0 Å². The summed E-state index contributed by atoms with van der Waals surface area (Å²) in [6.07, 6.45) is 3.20. The first-order valence-corrected chi connectivity index (χ1v) is 8.81. The van der Waals surface area contributed by atoms with Gasteiger partial charge in [0.25, 0.3) is 0 Å². The molecule has 4 rings (SSSR count). The van der Waals surface area contributed by atoms with Crippen LogP contribution in [0.5, 0.6) is 0 Å². The minimum Gasteiger partial charge on any atom is -0.292 e. The number of hydrogen-bond donors (Lipinski definition) is 0. The van der Waals surface area contributed by atoms with Crippen molar-refractivity contribution in [3.8, 4) is 0 Å². The van der Waals surface area contributed by atoms with Crippen molar-refractivity contribution in [1.82, 2.24) is 19.8 Å². The lowest BCUT2D eigenvalue weighted by molar-refractivity contribution is 0.117. The Hall–Kier alpha value is -1.30. The number of hydrogen-bond acceptors (Lipinski definition) is 5. The van der Waals surface area contributed by atoms with Gasteiger partial charge in [0.05, 0.1) is 16.4 Å². The lowest BCUT2D eigenvalue weighted by Crippen LogP contribution is -2.45. The number of rotatable bonds is 4. The first-order chi connectivity index (χ1) is 10.7. The van der Waals surface area contributed by atoms with Gasteiger partial charge in [0.1, 0.15) is 0 Å². The van der Waals surface area contributed by atoms with Crippen LogP contribution in [0, 0.1) is 13.8 Å². The molecule has 22 heavy (non-hydrogen) atoms. The van der Waals surface area contributed by atoms with Crippen LogP contribution < -0.4 is 0 Å². The number of nitrogens with zero attached hydrogens (tertiary/aromatic N) is 4. The van der Waals surface area contributed by atoms with Gasteiger partial charge in [-0.2, -0.15) is 0 Å². The zero-order chi connectivity index (χ0) is 15.1. The largest absolute Gasteiger partial charge is 0.292 e. The number of fused-ring (bicyclic) bond motifs is 2. The average molecular weight is 314 g/mol. The van der Waals surface area contributed by atoms with Crippen molar-refractivity contribution in [2.24, 2.45) is 0 Å². The topological polar surface area (TPSA) is 32.3 Å². The Morgan fingerprint density at radius 1 is 1.14 bits per heavy atom. The first kappa shape index (κ1) is 14.3. The summed E-state index contributed by atoms with van der Waals surface area (Å²) < 4.78 is 0. The molecule has 2 unspecified atom stereocenters. The zero-order valence-electron chi connectivity index (χ0n) is 13.2. The van der Waals surface area contributed by atoms with E-state index in [0.29, 0.717) is 12.1 Å². The third-order valence-electron chi connectivity index (χ3n) is 4.90. The monoisotopic (exact) mass is 314 g/mol. The van der Waals surface area contributed by atoms with Gasteiger partial charge in [-0.1, -0.05) is 6.07 Å². The van der Waals surface area contributed by atoms with Crippen molar-refractivity contribution in [2.75, 3.05) is 13.1 Å². The molecule has 0 amide bonds. The van der Waals surface area contributed by atoms with Crippen LogP contribution in [0.1, 0.15) is 27.7 Å². The van der Waals surface area contributed by atoms with Crippen LogP contribution in [0.15, 0.2) is 24.4 Å². The van der Waals surface area contributed by atoms with Gasteiger partial charge in [0.15, 0.2) is 0 Å². The van der Waals surface area contributed by atoms with E-state index in [-0.39, 0.29) is 0 Å². The Balaban J connectivity index is 1.39. The minimum atomic E-state index is 0.696. The van der Waals surface area contributed by atoms with Gasteiger partial charge in [-0.25, -0.2) is 4.98 Å². The van der Waals surface area contributed by atoms with E-state index in [4.69, 9.17) is 0 Å². The van der Waals surface area contributed by atoms with Crippen LogP contribution in [0.2, 0.25) is 0 Å². The molecule has 2 aromatic heterocycles. The smallest absolute Gasteiger partial charge is 0.0900 e. The van der Waals surface area contributed by atoms with Crippen LogP contribution in [-0.4, -0.2) is 44.9 Å². The molecule has 2 aliphatic heterocycles. The van der Waals surface area contributed by atoms with Crippen molar-refractivity contribution in [2.45, 2.75) is 45.4 Å². The van der Waals surface area contributed by atoms with Gasteiger partial charge in [0.2, 0.25) is 0 Å². The fourth-order valence-corrected chi connectivity index (χ4v) is 4.79. The molecule has 4 heterocycles. The second-order valence-corrected chi connectivity index (χ2v) is 7.75. The lowest BCUT2D eigenvalue weighted by atomic mass is 10.2. The Morgan fingerprint density at radius 2 is 1.91 bits per heavy atom. The maximum absolute atomic E-state index is 4.56. The molecule has 0 aliphatic carbocycles. The number of aryl methyl sites for hydroxylation is 2. The Labute approximate surface area is 135 Å². The molecule has 0 spiro atoms. The van der Waals surface area contributed by atoms with Gasteiger partial charge in [0, 0.05) is 49.3 Å². The van der Waals surface area contributed by atoms with Gasteiger partial charge >= 0.3 is 0 Å². The van der Waals surface area contributed by atoms with E-state index in [2.05, 4.69) is 45.7 Å². The van der Waals surface area contributed by atoms with Crippen molar-refractivity contribution in [1.29, 1.82) is 0 Å². The minimum absolute atomic E-state index is 0.696. The van der Waals surface area contributed by atoms with E-state index >= 15 is 0 Å². The quantitative estimate of drug-likeness (QED) is 0.868. The summed E-state index contributed by atoms with van der Waals surface area (Å²) in [6.45, 7) is 8.68. The van der Waals surface area contributed by atoms with Crippen molar-refractivity contribution >= 4 is 11.3 Å². The number of piperazine rings is 1. The number of thiazole rings is 1. The van der Waals surface area contributed by atoms with Crippen molar-refractivity contribution in [3.05, 3.63) is 45.7 Å². The summed E-state index contributed by atoms with van der Waals surface area (Å²) in [5.74, 6) is 0. The molecule has 0 N–H and O–H groups in total. The molecule has 0 aromatic carbocycles. The predicted octanol–water partition coefficient (Wildman–Crippen LogP) is 2.61. The molecule has 2 aliphatic rings. The molecule has 2 aromatic rings. The maximum atomic E-state index is 4.56. The third kappa shape index (κ3) is 2.69. The van der Waals surface area contributed by atoms with E-state index in [1.54, 1.807) is 0 Å². The molecule has 2 bridgehead atoms. The fraction of sp³-hybridized carbons (Fsp3) is 0.529. The van der Waals surface area contributed by atoms with E-state index in [0.717, 1.165) is 13.1 Å². The van der Waals surface area contributed by atoms with Crippen LogP contribution in [0.3, 0.4) is 0 Å². The first-order valence-electron chi connectivity index (χ1n) is 8.00. The molecule has 5 heteroatoms. The SMILES string of the molecule is Cc1nc(C)c(CN2CC3CC2CN3Cc2ccccn2)s1. The summed E-state index contributed by atoms with van der Waals surface area (Å²) in [4.78, 5) is 15.7. The normalized spacial score (nSPS) is 25.2.